The topological polar surface area (TPSA) is 72.0 Å². The molecule has 1 aliphatic carbocycles. The lowest BCUT2D eigenvalue weighted by molar-refractivity contribution is -0.256. The summed E-state index contributed by atoms with van der Waals surface area (Å²) in [6.07, 6.45) is 1.14. The molecule has 5 rings (SSSR count). The van der Waals surface area contributed by atoms with E-state index in [1.165, 1.54) is 24.1 Å². The van der Waals surface area contributed by atoms with Crippen molar-refractivity contribution in [3.8, 4) is 17.0 Å². The molecule has 7 nitrogen and oxygen atoms in total. The number of benzene rings is 1. The minimum Gasteiger partial charge on any atom is -0.492 e. The van der Waals surface area contributed by atoms with E-state index in [2.05, 4.69) is 4.98 Å². The van der Waals surface area contributed by atoms with Gasteiger partial charge in [0.2, 0.25) is 0 Å². The van der Waals surface area contributed by atoms with Crippen LogP contribution in [0, 0.1) is 17.2 Å². The number of aromatic nitrogens is 1. The van der Waals surface area contributed by atoms with Crippen LogP contribution in [0.15, 0.2) is 36.5 Å². The number of alkyl halides is 3. The zero-order valence-corrected chi connectivity index (χ0v) is 24.0. The van der Waals surface area contributed by atoms with Crippen LogP contribution in [0.4, 0.5) is 17.6 Å². The monoisotopic (exact) mass is 591 g/mol. The Kier molecular flexibility index (Phi) is 8.51. The van der Waals surface area contributed by atoms with E-state index in [-0.39, 0.29) is 30.9 Å². The average molecular weight is 592 g/mol. The SMILES string of the molecule is COC(=O)[C@]1(C)CCCN1C(=O)c1ccc(-c2ccc(OCC3CCN(CC4(C(F)(F)F)CCC4)CC3)cn2)cc1F. The highest BCUT2D eigenvalue weighted by atomic mass is 19.4. The van der Waals surface area contributed by atoms with Crippen LogP contribution in [0.2, 0.25) is 0 Å². The van der Waals surface area contributed by atoms with Gasteiger partial charge in [0.1, 0.15) is 17.1 Å². The fourth-order valence-corrected chi connectivity index (χ4v) is 6.44. The predicted octanol–water partition coefficient (Wildman–Crippen LogP) is 5.88. The maximum atomic E-state index is 15.1. The van der Waals surface area contributed by atoms with Crippen molar-refractivity contribution in [2.75, 3.05) is 39.9 Å². The Morgan fingerprint density at radius 3 is 2.36 bits per heavy atom. The largest absolute Gasteiger partial charge is 0.492 e. The van der Waals surface area contributed by atoms with Crippen molar-refractivity contribution in [2.24, 2.45) is 11.3 Å². The fraction of sp³-hybridized carbons (Fsp3) is 0.581. The zero-order chi connectivity index (χ0) is 30.1. The number of halogens is 4. The van der Waals surface area contributed by atoms with E-state index in [9.17, 15) is 22.8 Å². The molecule has 1 aromatic carbocycles. The Bertz CT molecular complexity index is 1290. The van der Waals surface area contributed by atoms with Gasteiger partial charge in [-0.25, -0.2) is 9.18 Å². The van der Waals surface area contributed by atoms with Gasteiger partial charge in [0.05, 0.1) is 36.6 Å². The number of amides is 1. The van der Waals surface area contributed by atoms with Gasteiger partial charge in [0.15, 0.2) is 0 Å². The Morgan fingerprint density at radius 1 is 1.05 bits per heavy atom. The molecule has 2 aliphatic heterocycles. The van der Waals surface area contributed by atoms with Gasteiger partial charge in [-0.3, -0.25) is 9.78 Å². The quantitative estimate of drug-likeness (QED) is 0.282. The number of piperidine rings is 1. The molecule has 1 aromatic heterocycles. The van der Waals surface area contributed by atoms with Crippen LogP contribution in [0.3, 0.4) is 0 Å². The predicted molar refractivity (Wildman–Crippen MR) is 147 cm³/mol. The van der Waals surface area contributed by atoms with Gasteiger partial charge in [-0.05, 0) is 88.7 Å². The molecule has 0 bridgehead atoms. The van der Waals surface area contributed by atoms with Crippen molar-refractivity contribution >= 4 is 11.9 Å². The van der Waals surface area contributed by atoms with Crippen molar-refractivity contribution in [2.45, 2.75) is 63.6 Å². The number of likely N-dealkylation sites (tertiary alicyclic amines) is 2. The smallest absolute Gasteiger partial charge is 0.395 e. The summed E-state index contributed by atoms with van der Waals surface area (Å²) in [7, 11) is 1.27. The minimum absolute atomic E-state index is 0.0936. The van der Waals surface area contributed by atoms with Gasteiger partial charge in [-0.2, -0.15) is 13.2 Å². The van der Waals surface area contributed by atoms with Gasteiger partial charge in [-0.1, -0.05) is 12.5 Å². The average Bonchev–Trinajstić information content (AvgIpc) is 3.35. The second-order valence-corrected chi connectivity index (χ2v) is 12.1. The third kappa shape index (κ3) is 5.85. The third-order valence-corrected chi connectivity index (χ3v) is 9.37. The molecule has 2 aromatic rings. The molecule has 3 heterocycles. The van der Waals surface area contributed by atoms with Crippen molar-refractivity contribution in [3.63, 3.8) is 0 Å². The van der Waals surface area contributed by atoms with Crippen LogP contribution >= 0.6 is 0 Å². The molecular formula is C31H37F4N3O4. The van der Waals surface area contributed by atoms with Crippen molar-refractivity contribution in [1.82, 2.24) is 14.8 Å². The first-order valence-corrected chi connectivity index (χ1v) is 14.5. The fourth-order valence-electron chi connectivity index (χ4n) is 6.44. The van der Waals surface area contributed by atoms with Crippen LogP contribution in [-0.4, -0.2) is 78.3 Å². The molecule has 1 saturated carbocycles. The Morgan fingerprint density at radius 2 is 1.79 bits per heavy atom. The summed E-state index contributed by atoms with van der Waals surface area (Å²) in [6, 6.07) is 7.72. The summed E-state index contributed by atoms with van der Waals surface area (Å²) in [6.45, 7) is 3.78. The molecule has 0 radical (unpaired) electrons. The maximum absolute atomic E-state index is 15.1. The standard InChI is InChI=1S/C31H37F4N3O4/c1-29(28(40)41-2)11-4-14-38(29)27(39)24-7-5-22(17-25(24)32)26-8-6-23(18-36-26)42-19-21-9-15-37(16-10-21)20-30(12-3-13-30)31(33,34)35/h5-8,17-18,21H,3-4,9-16,19-20H2,1-2H3/t29-/m0/s1. The summed E-state index contributed by atoms with van der Waals surface area (Å²) in [5, 5.41) is 0. The molecule has 0 N–H and O–H groups in total. The molecular weight excluding hydrogens is 554 g/mol. The Hall–Kier alpha value is -3.21. The van der Waals surface area contributed by atoms with Crippen LogP contribution in [-0.2, 0) is 9.53 Å². The van der Waals surface area contributed by atoms with E-state index < -0.39 is 34.8 Å². The number of esters is 1. The van der Waals surface area contributed by atoms with Crippen molar-refractivity contribution < 1.29 is 36.6 Å². The number of rotatable bonds is 8. The second-order valence-electron chi connectivity index (χ2n) is 12.1. The molecule has 3 fully saturated rings. The number of hydrogen-bond acceptors (Lipinski definition) is 6. The summed E-state index contributed by atoms with van der Waals surface area (Å²) < 4.78 is 66.5. The Balaban J connectivity index is 1.14. The van der Waals surface area contributed by atoms with E-state index in [1.807, 2.05) is 4.90 Å². The summed E-state index contributed by atoms with van der Waals surface area (Å²) in [4.78, 5) is 33.1. The molecule has 11 heteroatoms. The first-order valence-electron chi connectivity index (χ1n) is 14.5. The molecule has 3 aliphatic rings. The highest BCUT2D eigenvalue weighted by molar-refractivity contribution is 5.99. The lowest BCUT2D eigenvalue weighted by Crippen LogP contribution is -2.53. The number of hydrogen-bond donors (Lipinski definition) is 0. The zero-order valence-electron chi connectivity index (χ0n) is 24.0. The summed E-state index contributed by atoms with van der Waals surface area (Å²) >= 11 is 0. The number of methoxy groups -OCH3 is 1. The summed E-state index contributed by atoms with van der Waals surface area (Å²) in [5.41, 5.74) is -1.78. The van der Waals surface area contributed by atoms with Crippen LogP contribution in [0.25, 0.3) is 11.3 Å². The van der Waals surface area contributed by atoms with Gasteiger partial charge in [-0.15, -0.1) is 0 Å². The maximum Gasteiger partial charge on any atom is 0.395 e. The molecule has 0 unspecified atom stereocenters. The number of pyridine rings is 1. The normalized spacial score (nSPS) is 23.0. The summed E-state index contributed by atoms with van der Waals surface area (Å²) in [5.74, 6) is -0.987. The first-order chi connectivity index (χ1) is 20.0. The van der Waals surface area contributed by atoms with E-state index in [0.717, 1.165) is 12.8 Å². The Labute approximate surface area is 243 Å². The molecule has 1 atom stereocenters. The van der Waals surface area contributed by atoms with E-state index in [0.29, 0.717) is 62.5 Å². The van der Waals surface area contributed by atoms with Gasteiger partial charge >= 0.3 is 12.1 Å². The highest BCUT2D eigenvalue weighted by Crippen LogP contribution is 2.53. The second kappa shape index (κ2) is 11.8. The third-order valence-electron chi connectivity index (χ3n) is 9.37. The van der Waals surface area contributed by atoms with E-state index in [4.69, 9.17) is 9.47 Å². The van der Waals surface area contributed by atoms with Gasteiger partial charge in [0, 0.05) is 18.7 Å². The molecule has 0 spiro atoms. The van der Waals surface area contributed by atoms with Gasteiger partial charge < -0.3 is 19.3 Å². The van der Waals surface area contributed by atoms with E-state index >= 15 is 4.39 Å². The number of carbonyl (C=O) groups excluding carboxylic acids is 2. The van der Waals surface area contributed by atoms with Crippen LogP contribution in [0.5, 0.6) is 5.75 Å². The van der Waals surface area contributed by atoms with Crippen molar-refractivity contribution in [1.29, 1.82) is 0 Å². The molecule has 2 saturated heterocycles. The highest BCUT2D eigenvalue weighted by Gasteiger charge is 2.58. The van der Waals surface area contributed by atoms with Crippen molar-refractivity contribution in [3.05, 3.63) is 47.9 Å². The molecule has 1 amide bonds. The minimum atomic E-state index is -4.14. The number of carbonyl (C=O) groups is 2. The number of nitrogens with zero attached hydrogens (tertiary/aromatic N) is 3. The lowest BCUT2D eigenvalue weighted by atomic mass is 9.67. The molecule has 42 heavy (non-hydrogen) atoms. The number of ether oxygens (including phenoxy) is 2. The lowest BCUT2D eigenvalue weighted by Gasteiger charge is -2.47. The first kappa shape index (κ1) is 30.3. The van der Waals surface area contributed by atoms with Crippen LogP contribution < -0.4 is 4.74 Å². The van der Waals surface area contributed by atoms with E-state index in [1.54, 1.807) is 31.3 Å². The molecule has 228 valence electrons. The van der Waals surface area contributed by atoms with Gasteiger partial charge in [0.25, 0.3) is 5.91 Å². The van der Waals surface area contributed by atoms with Crippen LogP contribution in [0.1, 0.15) is 62.2 Å².